The third-order valence-electron chi connectivity index (χ3n) is 5.27. The Hall–Kier alpha value is -2.13. The first-order valence-electron chi connectivity index (χ1n) is 9.46. The van der Waals surface area contributed by atoms with Crippen LogP contribution in [0, 0.1) is 0 Å². The summed E-state index contributed by atoms with van der Waals surface area (Å²) in [5.74, 6) is 0. The minimum atomic E-state index is -0.236. The standard InChI is InChI=1S/C23H24N2OSe/c1-3-16-10-9-15-25(2)22(16)20-18-13-7-8-14-19(18)24-21(20)23(26)27-17-11-5-4-6-12-17/h4-8,10-14,22,24H,3,9,15H2,1-2H3. The van der Waals surface area contributed by atoms with Gasteiger partial charge in [0.05, 0.1) is 0 Å². The number of carbonyl (C=O) groups excluding carboxylic acids is 1. The molecule has 2 heterocycles. The van der Waals surface area contributed by atoms with Crippen molar-refractivity contribution in [3.8, 4) is 0 Å². The molecule has 1 aliphatic rings. The molecule has 1 atom stereocenters. The molecule has 0 bridgehead atoms. The van der Waals surface area contributed by atoms with Gasteiger partial charge in [0, 0.05) is 0 Å². The zero-order valence-electron chi connectivity index (χ0n) is 15.7. The Morgan fingerprint density at radius 2 is 1.89 bits per heavy atom. The Bertz CT molecular complexity index is 990. The Morgan fingerprint density at radius 1 is 1.15 bits per heavy atom. The van der Waals surface area contributed by atoms with Gasteiger partial charge < -0.3 is 0 Å². The average molecular weight is 423 g/mol. The summed E-state index contributed by atoms with van der Waals surface area (Å²) in [6.45, 7) is 3.23. The van der Waals surface area contributed by atoms with Crippen molar-refractivity contribution in [2.45, 2.75) is 25.8 Å². The number of nitrogens with one attached hydrogen (secondary N) is 1. The molecule has 4 rings (SSSR count). The molecule has 0 spiro atoms. The number of nitrogens with zero attached hydrogens (tertiary/aromatic N) is 1. The fraction of sp³-hybridized carbons (Fsp3) is 0.261. The van der Waals surface area contributed by atoms with E-state index in [9.17, 15) is 4.79 Å². The van der Waals surface area contributed by atoms with Crippen LogP contribution >= 0.6 is 0 Å². The van der Waals surface area contributed by atoms with Gasteiger partial charge in [-0.05, 0) is 0 Å². The summed E-state index contributed by atoms with van der Waals surface area (Å²) in [5.41, 5.74) is 4.41. The van der Waals surface area contributed by atoms with Gasteiger partial charge in [0.2, 0.25) is 0 Å². The van der Waals surface area contributed by atoms with Gasteiger partial charge in [-0.2, -0.15) is 0 Å². The number of rotatable bonds is 5. The van der Waals surface area contributed by atoms with Gasteiger partial charge in [-0.1, -0.05) is 0 Å². The van der Waals surface area contributed by atoms with Gasteiger partial charge in [-0.3, -0.25) is 0 Å². The molecule has 0 fully saturated rings. The van der Waals surface area contributed by atoms with Crippen LogP contribution in [-0.4, -0.2) is 43.1 Å². The Kier molecular flexibility index (Phi) is 5.31. The molecule has 0 aliphatic carbocycles. The van der Waals surface area contributed by atoms with Crippen LogP contribution in [0.1, 0.15) is 41.9 Å². The van der Waals surface area contributed by atoms with E-state index in [1.807, 2.05) is 36.4 Å². The van der Waals surface area contributed by atoms with E-state index in [4.69, 9.17) is 0 Å². The molecule has 3 aromatic rings. The van der Waals surface area contributed by atoms with Crippen molar-refractivity contribution in [1.82, 2.24) is 9.88 Å². The first kappa shape index (κ1) is 18.2. The second kappa shape index (κ2) is 7.85. The van der Waals surface area contributed by atoms with E-state index in [-0.39, 0.29) is 25.7 Å². The van der Waals surface area contributed by atoms with Crippen LogP contribution in [0.25, 0.3) is 10.9 Å². The molecule has 27 heavy (non-hydrogen) atoms. The van der Waals surface area contributed by atoms with Crippen LogP contribution in [0.5, 0.6) is 0 Å². The predicted octanol–water partition coefficient (Wildman–Crippen LogP) is 4.05. The van der Waals surface area contributed by atoms with Crippen LogP contribution < -0.4 is 4.46 Å². The quantitative estimate of drug-likeness (QED) is 0.497. The monoisotopic (exact) mass is 424 g/mol. The van der Waals surface area contributed by atoms with Crippen LogP contribution in [0.2, 0.25) is 0 Å². The van der Waals surface area contributed by atoms with Crippen molar-refractivity contribution in [1.29, 1.82) is 0 Å². The number of hydrogen-bond donors (Lipinski definition) is 1. The molecular weight excluding hydrogens is 399 g/mol. The number of aromatic nitrogens is 1. The number of benzene rings is 2. The number of fused-ring (bicyclic) bond motifs is 1. The van der Waals surface area contributed by atoms with Gasteiger partial charge in [0.15, 0.2) is 0 Å². The summed E-state index contributed by atoms with van der Waals surface area (Å²) in [7, 11) is 2.17. The third-order valence-corrected chi connectivity index (χ3v) is 7.15. The summed E-state index contributed by atoms with van der Waals surface area (Å²) in [6.07, 6.45) is 4.45. The molecule has 138 valence electrons. The number of hydrogen-bond acceptors (Lipinski definition) is 2. The topological polar surface area (TPSA) is 36.1 Å². The number of H-pyrrole nitrogens is 1. The Balaban J connectivity index is 1.83. The molecule has 3 nitrogen and oxygen atoms in total. The van der Waals surface area contributed by atoms with Crippen molar-refractivity contribution in [2.75, 3.05) is 13.6 Å². The van der Waals surface area contributed by atoms with E-state index in [1.165, 1.54) is 11.0 Å². The maximum atomic E-state index is 13.3. The van der Waals surface area contributed by atoms with Gasteiger partial charge >= 0.3 is 167 Å². The normalized spacial score (nSPS) is 17.9. The van der Waals surface area contributed by atoms with Crippen molar-refractivity contribution >= 4 is 35.0 Å². The average Bonchev–Trinajstić information content (AvgIpc) is 3.08. The summed E-state index contributed by atoms with van der Waals surface area (Å²) >= 11 is -0.236. The summed E-state index contributed by atoms with van der Waals surface area (Å²) in [4.78, 5) is 19.2. The maximum absolute atomic E-state index is 13.3. The van der Waals surface area contributed by atoms with E-state index in [0.29, 0.717) is 0 Å². The molecular formula is C23H24N2OSe. The fourth-order valence-electron chi connectivity index (χ4n) is 3.98. The first-order chi connectivity index (χ1) is 13.2. The number of likely N-dealkylation sites (N-methyl/N-ethyl adjacent to an activating group) is 1. The molecule has 1 unspecified atom stereocenters. The van der Waals surface area contributed by atoms with E-state index in [1.54, 1.807) is 0 Å². The van der Waals surface area contributed by atoms with E-state index in [0.717, 1.165) is 40.6 Å². The van der Waals surface area contributed by atoms with Crippen LogP contribution in [0.3, 0.4) is 0 Å². The van der Waals surface area contributed by atoms with Gasteiger partial charge in [0.25, 0.3) is 0 Å². The van der Waals surface area contributed by atoms with Crippen molar-refractivity contribution < 1.29 is 4.79 Å². The number of aromatic amines is 1. The number of carbonyl (C=O) groups is 1. The van der Waals surface area contributed by atoms with Gasteiger partial charge in [-0.25, -0.2) is 0 Å². The third kappa shape index (κ3) is 3.53. The fourth-order valence-corrected chi connectivity index (χ4v) is 5.59. The first-order valence-corrected chi connectivity index (χ1v) is 11.2. The Morgan fingerprint density at radius 3 is 2.67 bits per heavy atom. The molecule has 0 saturated heterocycles. The summed E-state index contributed by atoms with van der Waals surface area (Å²) in [6, 6.07) is 18.6. The molecule has 1 N–H and O–H groups in total. The van der Waals surface area contributed by atoms with Gasteiger partial charge in [0.1, 0.15) is 0 Å². The predicted molar refractivity (Wildman–Crippen MR) is 113 cm³/mol. The molecule has 2 aromatic carbocycles. The summed E-state index contributed by atoms with van der Waals surface area (Å²) < 4.78 is 1.33. The molecule has 1 aromatic heterocycles. The Labute approximate surface area is 166 Å². The van der Waals surface area contributed by atoms with E-state index >= 15 is 0 Å². The zero-order valence-corrected chi connectivity index (χ0v) is 17.4. The van der Waals surface area contributed by atoms with E-state index in [2.05, 4.69) is 48.1 Å². The zero-order chi connectivity index (χ0) is 18.8. The second-order valence-corrected chi connectivity index (χ2v) is 9.16. The van der Waals surface area contributed by atoms with Crippen molar-refractivity contribution in [2.24, 2.45) is 0 Å². The van der Waals surface area contributed by atoms with Crippen LogP contribution in [0.15, 0.2) is 66.2 Å². The molecule has 4 heteroatoms. The van der Waals surface area contributed by atoms with E-state index < -0.39 is 0 Å². The van der Waals surface area contributed by atoms with Gasteiger partial charge in [-0.15, -0.1) is 0 Å². The second-order valence-electron chi connectivity index (χ2n) is 6.97. The van der Waals surface area contributed by atoms with Crippen molar-refractivity contribution in [3.63, 3.8) is 0 Å². The molecule has 0 radical (unpaired) electrons. The molecule has 0 amide bonds. The van der Waals surface area contributed by atoms with Crippen molar-refractivity contribution in [3.05, 3.63) is 77.5 Å². The van der Waals surface area contributed by atoms with Crippen LogP contribution in [-0.2, 0) is 0 Å². The SMILES string of the molecule is CCC1=CCCN(C)C1c1c(C(=O)[Se]c2ccccc2)[nH]c2ccccc12. The minimum absolute atomic E-state index is 0.172. The molecule has 1 aliphatic heterocycles. The number of para-hydroxylation sites is 1. The summed E-state index contributed by atoms with van der Waals surface area (Å²) in [5, 5.41) is 1.17. The molecule has 0 saturated carbocycles. The van der Waals surface area contributed by atoms with Crippen LogP contribution in [0.4, 0.5) is 0 Å².